The van der Waals surface area contributed by atoms with Gasteiger partial charge in [-0.1, -0.05) is 29.8 Å². The zero-order valence-corrected chi connectivity index (χ0v) is 10.0. The van der Waals surface area contributed by atoms with Gasteiger partial charge in [0.25, 0.3) is 5.91 Å². The fraction of sp³-hybridized carbons (Fsp3) is 0.214. The van der Waals surface area contributed by atoms with Crippen molar-refractivity contribution in [1.29, 1.82) is 0 Å². The molecule has 0 aliphatic rings. The summed E-state index contributed by atoms with van der Waals surface area (Å²) in [5.74, 6) is -0.0284. The van der Waals surface area contributed by atoms with Crippen molar-refractivity contribution >= 4 is 5.91 Å². The molecule has 0 spiro atoms. The van der Waals surface area contributed by atoms with Crippen LogP contribution >= 0.6 is 0 Å². The smallest absolute Gasteiger partial charge is 0.257 e. The van der Waals surface area contributed by atoms with Gasteiger partial charge in [-0.25, -0.2) is 0 Å². The van der Waals surface area contributed by atoms with Crippen molar-refractivity contribution in [3.63, 3.8) is 0 Å². The SMILES string of the molecule is Cc1ccc(CN(C)C(=O)c2ccoc2)cc1. The molecule has 0 aliphatic heterocycles. The molecular weight excluding hydrogens is 214 g/mol. The maximum absolute atomic E-state index is 11.9. The Morgan fingerprint density at radius 2 is 1.94 bits per heavy atom. The third-order valence-corrected chi connectivity index (χ3v) is 2.66. The number of aryl methyl sites for hydroxylation is 1. The molecule has 0 fully saturated rings. The lowest BCUT2D eigenvalue weighted by atomic mass is 10.1. The van der Waals surface area contributed by atoms with E-state index in [1.165, 1.54) is 18.1 Å². The van der Waals surface area contributed by atoms with Gasteiger partial charge in [0.2, 0.25) is 0 Å². The van der Waals surface area contributed by atoms with Gasteiger partial charge in [0, 0.05) is 13.6 Å². The number of nitrogens with zero attached hydrogens (tertiary/aromatic N) is 1. The van der Waals surface area contributed by atoms with Crippen LogP contribution in [0.25, 0.3) is 0 Å². The van der Waals surface area contributed by atoms with Crippen LogP contribution in [0.3, 0.4) is 0 Å². The molecule has 3 nitrogen and oxygen atoms in total. The number of hydrogen-bond donors (Lipinski definition) is 0. The molecule has 1 amide bonds. The standard InChI is InChI=1S/C14H15NO2/c1-11-3-5-12(6-4-11)9-15(2)14(16)13-7-8-17-10-13/h3-8,10H,9H2,1-2H3. The molecule has 0 radical (unpaired) electrons. The molecule has 0 saturated heterocycles. The number of amides is 1. The van der Waals surface area contributed by atoms with E-state index in [2.05, 4.69) is 0 Å². The number of rotatable bonds is 3. The first-order valence-electron chi connectivity index (χ1n) is 5.50. The van der Waals surface area contributed by atoms with Crippen molar-refractivity contribution in [2.75, 3.05) is 7.05 Å². The molecule has 0 unspecified atom stereocenters. The minimum Gasteiger partial charge on any atom is -0.472 e. The molecule has 3 heteroatoms. The zero-order chi connectivity index (χ0) is 12.3. The van der Waals surface area contributed by atoms with E-state index in [0.717, 1.165) is 5.56 Å². The Morgan fingerprint density at radius 1 is 1.24 bits per heavy atom. The fourth-order valence-electron chi connectivity index (χ4n) is 1.65. The monoisotopic (exact) mass is 229 g/mol. The first-order chi connectivity index (χ1) is 8.16. The number of furan rings is 1. The van der Waals surface area contributed by atoms with Crippen LogP contribution in [0.15, 0.2) is 47.3 Å². The van der Waals surface area contributed by atoms with Gasteiger partial charge >= 0.3 is 0 Å². The quantitative estimate of drug-likeness (QED) is 0.810. The Balaban J connectivity index is 2.04. The molecular formula is C14H15NO2. The van der Waals surface area contributed by atoms with E-state index in [1.54, 1.807) is 18.0 Å². The van der Waals surface area contributed by atoms with Crippen LogP contribution in [0.2, 0.25) is 0 Å². The van der Waals surface area contributed by atoms with Crippen molar-refractivity contribution in [2.45, 2.75) is 13.5 Å². The van der Waals surface area contributed by atoms with Gasteiger partial charge in [-0.05, 0) is 18.6 Å². The number of benzene rings is 1. The Kier molecular flexibility index (Phi) is 3.28. The Labute approximate surface area is 101 Å². The normalized spacial score (nSPS) is 10.2. The molecule has 17 heavy (non-hydrogen) atoms. The molecule has 88 valence electrons. The van der Waals surface area contributed by atoms with Crippen molar-refractivity contribution in [1.82, 2.24) is 4.90 Å². The highest BCUT2D eigenvalue weighted by molar-refractivity contribution is 5.93. The zero-order valence-electron chi connectivity index (χ0n) is 10.0. The van der Waals surface area contributed by atoms with Crippen molar-refractivity contribution in [3.8, 4) is 0 Å². The number of hydrogen-bond acceptors (Lipinski definition) is 2. The van der Waals surface area contributed by atoms with E-state index in [1.807, 2.05) is 31.2 Å². The number of carbonyl (C=O) groups excluding carboxylic acids is 1. The van der Waals surface area contributed by atoms with E-state index >= 15 is 0 Å². The lowest BCUT2D eigenvalue weighted by Gasteiger charge is -2.16. The maximum Gasteiger partial charge on any atom is 0.257 e. The van der Waals surface area contributed by atoms with Gasteiger partial charge in [-0.15, -0.1) is 0 Å². The van der Waals surface area contributed by atoms with Crippen molar-refractivity contribution in [3.05, 3.63) is 59.5 Å². The second kappa shape index (κ2) is 4.87. The predicted octanol–water partition coefficient (Wildman–Crippen LogP) is 2.86. The number of carbonyl (C=O) groups is 1. The first-order valence-corrected chi connectivity index (χ1v) is 5.50. The van der Waals surface area contributed by atoms with Crippen LogP contribution in [0.5, 0.6) is 0 Å². The Hall–Kier alpha value is -2.03. The van der Waals surface area contributed by atoms with E-state index in [-0.39, 0.29) is 5.91 Å². The molecule has 1 aromatic carbocycles. The van der Waals surface area contributed by atoms with Crippen molar-refractivity contribution in [2.24, 2.45) is 0 Å². The average Bonchev–Trinajstić information content (AvgIpc) is 2.84. The van der Waals surface area contributed by atoms with Crippen LogP contribution in [0.4, 0.5) is 0 Å². The molecule has 1 aromatic heterocycles. The highest BCUT2D eigenvalue weighted by atomic mass is 16.3. The van der Waals surface area contributed by atoms with Gasteiger partial charge in [-0.2, -0.15) is 0 Å². The van der Waals surface area contributed by atoms with Gasteiger partial charge < -0.3 is 9.32 Å². The van der Waals surface area contributed by atoms with Gasteiger partial charge in [0.1, 0.15) is 6.26 Å². The summed E-state index contributed by atoms with van der Waals surface area (Å²) in [5.41, 5.74) is 2.92. The summed E-state index contributed by atoms with van der Waals surface area (Å²) in [5, 5.41) is 0. The van der Waals surface area contributed by atoms with Gasteiger partial charge in [0.15, 0.2) is 0 Å². The molecule has 0 N–H and O–H groups in total. The lowest BCUT2D eigenvalue weighted by Crippen LogP contribution is -2.25. The summed E-state index contributed by atoms with van der Waals surface area (Å²) in [7, 11) is 1.79. The van der Waals surface area contributed by atoms with Gasteiger partial charge in [0.05, 0.1) is 11.8 Å². The summed E-state index contributed by atoms with van der Waals surface area (Å²) in [4.78, 5) is 13.6. The molecule has 0 aliphatic carbocycles. The second-order valence-corrected chi connectivity index (χ2v) is 4.16. The minimum atomic E-state index is -0.0284. The summed E-state index contributed by atoms with van der Waals surface area (Å²) >= 11 is 0. The largest absolute Gasteiger partial charge is 0.472 e. The van der Waals surface area contributed by atoms with Crippen LogP contribution in [0, 0.1) is 6.92 Å². The topological polar surface area (TPSA) is 33.5 Å². The summed E-state index contributed by atoms with van der Waals surface area (Å²) in [6.45, 7) is 2.65. The van der Waals surface area contributed by atoms with Crippen LogP contribution in [-0.2, 0) is 6.54 Å². The van der Waals surface area contributed by atoms with Gasteiger partial charge in [-0.3, -0.25) is 4.79 Å². The average molecular weight is 229 g/mol. The molecule has 0 saturated carbocycles. The summed E-state index contributed by atoms with van der Waals surface area (Å²) in [6.07, 6.45) is 2.97. The summed E-state index contributed by atoms with van der Waals surface area (Å²) in [6, 6.07) is 9.84. The summed E-state index contributed by atoms with van der Waals surface area (Å²) < 4.78 is 4.90. The highest BCUT2D eigenvalue weighted by Gasteiger charge is 2.12. The third kappa shape index (κ3) is 2.75. The molecule has 1 heterocycles. The van der Waals surface area contributed by atoms with E-state index in [4.69, 9.17) is 4.42 Å². The van der Waals surface area contributed by atoms with Crippen LogP contribution in [0.1, 0.15) is 21.5 Å². The minimum absolute atomic E-state index is 0.0284. The lowest BCUT2D eigenvalue weighted by molar-refractivity contribution is 0.0784. The second-order valence-electron chi connectivity index (χ2n) is 4.16. The van der Waals surface area contributed by atoms with E-state index < -0.39 is 0 Å². The molecule has 2 rings (SSSR count). The third-order valence-electron chi connectivity index (χ3n) is 2.66. The fourth-order valence-corrected chi connectivity index (χ4v) is 1.65. The van der Waals surface area contributed by atoms with E-state index in [9.17, 15) is 4.79 Å². The Bertz CT molecular complexity index is 485. The van der Waals surface area contributed by atoms with Crippen LogP contribution in [-0.4, -0.2) is 17.9 Å². The predicted molar refractivity (Wildman–Crippen MR) is 65.7 cm³/mol. The molecule has 0 bridgehead atoms. The van der Waals surface area contributed by atoms with E-state index in [0.29, 0.717) is 12.1 Å². The van der Waals surface area contributed by atoms with Crippen LogP contribution < -0.4 is 0 Å². The highest BCUT2D eigenvalue weighted by Crippen LogP contribution is 2.09. The molecule has 2 aromatic rings. The Morgan fingerprint density at radius 3 is 2.53 bits per heavy atom. The first kappa shape index (κ1) is 11.5. The van der Waals surface area contributed by atoms with Crippen molar-refractivity contribution < 1.29 is 9.21 Å². The molecule has 0 atom stereocenters. The maximum atomic E-state index is 11.9.